The number of esters is 1. The van der Waals surface area contributed by atoms with Gasteiger partial charge in [-0.05, 0) is 20.8 Å². The van der Waals surface area contributed by atoms with Gasteiger partial charge in [-0.15, -0.1) is 0 Å². The number of rotatable bonds is 26. The number of ether oxygens (including phenoxy) is 9. The van der Waals surface area contributed by atoms with Crippen molar-refractivity contribution in [1.82, 2.24) is 0 Å². The van der Waals surface area contributed by atoms with Gasteiger partial charge in [0, 0.05) is 0 Å². The molecule has 0 aromatic rings. The van der Waals surface area contributed by atoms with Crippen molar-refractivity contribution in [3.8, 4) is 0 Å². The van der Waals surface area contributed by atoms with Crippen molar-refractivity contribution < 1.29 is 51.8 Å². The van der Waals surface area contributed by atoms with E-state index in [-0.39, 0.29) is 19.0 Å². The second kappa shape index (κ2) is 25.2. The second-order valence-corrected chi connectivity index (χ2v) is 7.92. The first-order valence-electron chi connectivity index (χ1n) is 11.9. The van der Waals surface area contributed by atoms with Crippen LogP contribution in [0.5, 0.6) is 0 Å². The quantitative estimate of drug-likeness (QED) is 0.129. The Morgan fingerprint density at radius 2 is 0.765 bits per heavy atom. The maximum Gasteiger partial charge on any atom is 0.308 e. The van der Waals surface area contributed by atoms with Crippen LogP contribution in [-0.4, -0.2) is 124 Å². The number of hydrogen-bond acceptors (Lipinski definition) is 10. The smallest absolute Gasteiger partial charge is 0.308 e. The van der Waals surface area contributed by atoms with E-state index >= 15 is 0 Å². The van der Waals surface area contributed by atoms with Crippen LogP contribution in [-0.2, 0) is 47.4 Å². The molecule has 11 heteroatoms. The fourth-order valence-electron chi connectivity index (χ4n) is 2.24. The molecule has 0 spiro atoms. The summed E-state index contributed by atoms with van der Waals surface area (Å²) in [6.07, 6.45) is 0.232. The molecule has 0 unspecified atom stereocenters. The molecular formula is C23H45FO10. The van der Waals surface area contributed by atoms with E-state index in [1.165, 1.54) is 0 Å². The van der Waals surface area contributed by atoms with Crippen molar-refractivity contribution in [3.63, 3.8) is 0 Å². The third kappa shape index (κ3) is 29.1. The Balaban J connectivity index is 3.10. The average molecular weight is 501 g/mol. The van der Waals surface area contributed by atoms with Gasteiger partial charge in [0.25, 0.3) is 0 Å². The first-order chi connectivity index (χ1) is 16.5. The van der Waals surface area contributed by atoms with Crippen LogP contribution in [0.15, 0.2) is 0 Å². The summed E-state index contributed by atoms with van der Waals surface area (Å²) in [5.41, 5.74) is -0.471. The van der Waals surface area contributed by atoms with Crippen molar-refractivity contribution in [3.05, 3.63) is 0 Å². The number of hydrogen-bond donors (Lipinski definition) is 0. The van der Waals surface area contributed by atoms with Gasteiger partial charge in [-0.3, -0.25) is 4.79 Å². The van der Waals surface area contributed by atoms with E-state index in [0.29, 0.717) is 99.1 Å². The third-order valence-electron chi connectivity index (χ3n) is 3.70. The lowest BCUT2D eigenvalue weighted by Gasteiger charge is -2.19. The average Bonchev–Trinajstić information content (AvgIpc) is 2.78. The topological polar surface area (TPSA) is 100 Å². The lowest BCUT2D eigenvalue weighted by molar-refractivity contribution is -0.156. The summed E-state index contributed by atoms with van der Waals surface area (Å²) in [5.74, 6) is -0.266. The standard InChI is InChI=1S/C23H45FO10/c1-23(2,3)34-22(25)4-6-26-8-10-28-12-14-30-16-18-32-20-21-33-19-17-31-15-13-29-11-9-27-7-5-24/h4-21H2,1-3H3. The van der Waals surface area contributed by atoms with E-state index in [9.17, 15) is 9.18 Å². The van der Waals surface area contributed by atoms with Crippen LogP contribution in [0.3, 0.4) is 0 Å². The van der Waals surface area contributed by atoms with E-state index in [4.69, 9.17) is 42.6 Å². The molecule has 0 bridgehead atoms. The van der Waals surface area contributed by atoms with Gasteiger partial charge in [0.1, 0.15) is 12.3 Å². The highest BCUT2D eigenvalue weighted by Crippen LogP contribution is 2.08. The van der Waals surface area contributed by atoms with Crippen molar-refractivity contribution in [1.29, 1.82) is 0 Å². The maximum atomic E-state index is 11.8. The fourth-order valence-corrected chi connectivity index (χ4v) is 2.24. The third-order valence-corrected chi connectivity index (χ3v) is 3.70. The van der Waals surface area contributed by atoms with Crippen molar-refractivity contribution in [2.24, 2.45) is 0 Å². The van der Waals surface area contributed by atoms with Gasteiger partial charge in [-0.25, -0.2) is 4.39 Å². The largest absolute Gasteiger partial charge is 0.460 e. The molecule has 0 N–H and O–H groups in total. The van der Waals surface area contributed by atoms with Crippen LogP contribution >= 0.6 is 0 Å². The summed E-state index contributed by atoms with van der Waals surface area (Å²) < 4.78 is 59.5. The molecule has 0 fully saturated rings. The van der Waals surface area contributed by atoms with E-state index in [1.54, 1.807) is 0 Å². The van der Waals surface area contributed by atoms with Crippen LogP contribution < -0.4 is 0 Å². The highest BCUT2D eigenvalue weighted by atomic mass is 19.1. The molecule has 0 aliphatic rings. The Labute approximate surface area is 203 Å². The number of alkyl halides is 1. The molecule has 34 heavy (non-hydrogen) atoms. The first kappa shape index (κ1) is 33.1. The van der Waals surface area contributed by atoms with Gasteiger partial charge in [0.15, 0.2) is 0 Å². The zero-order valence-electron chi connectivity index (χ0n) is 21.2. The predicted octanol–water partition coefficient (Wildman–Crippen LogP) is 1.82. The van der Waals surface area contributed by atoms with Crippen LogP contribution in [0.25, 0.3) is 0 Å². The summed E-state index contributed by atoms with van der Waals surface area (Å²) in [5, 5.41) is 0. The van der Waals surface area contributed by atoms with Crippen LogP contribution in [0.4, 0.5) is 4.39 Å². The number of carbonyl (C=O) groups is 1. The highest BCUT2D eigenvalue weighted by Gasteiger charge is 2.15. The van der Waals surface area contributed by atoms with Crippen molar-refractivity contribution in [2.75, 3.05) is 112 Å². The molecule has 0 radical (unpaired) electrons. The number of carbonyl (C=O) groups excluding carboxylic acids is 1. The van der Waals surface area contributed by atoms with Gasteiger partial charge < -0.3 is 42.6 Å². The minimum atomic E-state index is -0.476. The molecule has 10 nitrogen and oxygen atoms in total. The fraction of sp³-hybridized carbons (Fsp3) is 0.957. The van der Waals surface area contributed by atoms with E-state index in [2.05, 4.69) is 0 Å². The molecule has 0 saturated heterocycles. The molecule has 204 valence electrons. The summed E-state index contributed by atoms with van der Waals surface area (Å²) in [7, 11) is 0. The van der Waals surface area contributed by atoms with Crippen LogP contribution in [0.1, 0.15) is 27.2 Å². The molecule has 0 heterocycles. The minimum absolute atomic E-state index is 0.112. The SMILES string of the molecule is CC(C)(C)OC(=O)CCOCCOCCOCCOCCOCCOCCOCCOCCF. The molecule has 0 aromatic heterocycles. The van der Waals surface area contributed by atoms with E-state index in [0.717, 1.165) is 0 Å². The van der Waals surface area contributed by atoms with Gasteiger partial charge >= 0.3 is 5.97 Å². The monoisotopic (exact) mass is 500 g/mol. The Bertz CT molecular complexity index is 434. The Hall–Kier alpha value is -0.920. The first-order valence-corrected chi connectivity index (χ1v) is 11.9. The van der Waals surface area contributed by atoms with Crippen LogP contribution in [0.2, 0.25) is 0 Å². The Kier molecular flexibility index (Phi) is 24.5. The lowest BCUT2D eigenvalue weighted by atomic mass is 10.2. The highest BCUT2D eigenvalue weighted by molar-refractivity contribution is 5.69. The normalized spacial score (nSPS) is 11.8. The number of halogens is 1. The van der Waals surface area contributed by atoms with Crippen molar-refractivity contribution >= 4 is 5.97 Å². The van der Waals surface area contributed by atoms with E-state index in [1.807, 2.05) is 20.8 Å². The second-order valence-electron chi connectivity index (χ2n) is 7.92. The maximum absolute atomic E-state index is 11.8. The summed E-state index contributed by atoms with van der Waals surface area (Å²) >= 11 is 0. The van der Waals surface area contributed by atoms with Gasteiger partial charge in [0.2, 0.25) is 0 Å². The Morgan fingerprint density at radius 3 is 1.03 bits per heavy atom. The molecule has 0 rings (SSSR count). The molecule has 0 aromatic carbocycles. The van der Waals surface area contributed by atoms with Crippen LogP contribution in [0, 0.1) is 0 Å². The molecule has 0 amide bonds. The zero-order chi connectivity index (χ0) is 25.2. The minimum Gasteiger partial charge on any atom is -0.460 e. The molecular weight excluding hydrogens is 455 g/mol. The van der Waals surface area contributed by atoms with Gasteiger partial charge in [-0.2, -0.15) is 0 Å². The van der Waals surface area contributed by atoms with Gasteiger partial charge in [0.05, 0.1) is 112 Å². The molecule has 0 aliphatic carbocycles. The van der Waals surface area contributed by atoms with Gasteiger partial charge in [-0.1, -0.05) is 0 Å². The zero-order valence-corrected chi connectivity index (χ0v) is 21.2. The molecule has 0 saturated carbocycles. The molecule has 0 atom stereocenters. The summed E-state index contributed by atoms with van der Waals surface area (Å²) in [6, 6.07) is 0. The van der Waals surface area contributed by atoms with E-state index < -0.39 is 12.3 Å². The summed E-state index contributed by atoms with van der Waals surface area (Å²) in [6.45, 7) is 12.0. The lowest BCUT2D eigenvalue weighted by Crippen LogP contribution is -2.24. The Morgan fingerprint density at radius 1 is 0.500 bits per heavy atom. The van der Waals surface area contributed by atoms with Crippen molar-refractivity contribution in [2.45, 2.75) is 32.8 Å². The predicted molar refractivity (Wildman–Crippen MR) is 123 cm³/mol. The molecule has 0 aliphatic heterocycles. The summed E-state index contributed by atoms with van der Waals surface area (Å²) in [4.78, 5) is 11.5.